The highest BCUT2D eigenvalue weighted by atomic mass is 32.2. The summed E-state index contributed by atoms with van der Waals surface area (Å²) in [4.78, 5) is 15.1. The molecule has 2 heterocycles. The Labute approximate surface area is 179 Å². The van der Waals surface area contributed by atoms with Gasteiger partial charge in [0.25, 0.3) is 5.82 Å². The largest absolute Gasteiger partial charge is 0.748 e. The third-order valence-electron chi connectivity index (χ3n) is 4.68. The molecule has 0 bridgehead atoms. The quantitative estimate of drug-likeness (QED) is 0.519. The highest BCUT2D eigenvalue weighted by molar-refractivity contribution is 7.84. The van der Waals surface area contributed by atoms with Gasteiger partial charge in [-0.05, 0) is 36.6 Å². The number of pyridine rings is 1. The fraction of sp³-hybridized carbons (Fsp3) is 0.250. The standard InChI is InChI=1S/C19H19N5O2.CH4O3S/c1-19(8-9-19)15-10-17(26-24-15)23-18(25)22-14-5-2-12(3-6-14)13-4-7-16(20)21-11-13;1-5(2,3)4/h2-7,10-11H,8-9H2,1H3,(H2,20,21)(H2,22,23,25);1H3,(H,2,3,4). The second-order valence-electron chi connectivity index (χ2n) is 7.53. The SMILES string of the molecule is CC1(c2cc(NC(=O)Nc3ccc(-c4ccc(N)[nH+]c4)cc3)on2)CC1.CS(=O)(=O)[O-]. The summed E-state index contributed by atoms with van der Waals surface area (Å²) in [6.45, 7) is 2.13. The number of aromatic nitrogens is 2. The third-order valence-corrected chi connectivity index (χ3v) is 4.68. The molecule has 0 atom stereocenters. The molecule has 164 valence electrons. The van der Waals surface area contributed by atoms with E-state index in [1.807, 2.05) is 42.6 Å². The van der Waals surface area contributed by atoms with Crippen LogP contribution in [0.25, 0.3) is 11.1 Å². The first kappa shape index (κ1) is 22.2. The number of amides is 2. The minimum Gasteiger partial charge on any atom is -0.748 e. The van der Waals surface area contributed by atoms with E-state index in [9.17, 15) is 4.79 Å². The molecule has 4 rings (SSSR count). The van der Waals surface area contributed by atoms with Crippen molar-refractivity contribution in [3.05, 3.63) is 54.4 Å². The minimum atomic E-state index is -3.92. The summed E-state index contributed by atoms with van der Waals surface area (Å²) >= 11 is 0. The molecule has 31 heavy (non-hydrogen) atoms. The lowest BCUT2D eigenvalue weighted by Gasteiger charge is -2.06. The van der Waals surface area contributed by atoms with Gasteiger partial charge in [-0.1, -0.05) is 24.2 Å². The summed E-state index contributed by atoms with van der Waals surface area (Å²) < 4.78 is 32.4. The zero-order valence-electron chi connectivity index (χ0n) is 17.0. The number of H-pyrrole nitrogens is 1. The number of hydrogen-bond acceptors (Lipinski definition) is 7. The molecule has 5 N–H and O–H groups in total. The normalized spacial score (nSPS) is 14.2. The highest BCUT2D eigenvalue weighted by Crippen LogP contribution is 2.47. The molecule has 11 heteroatoms. The Kier molecular flexibility index (Phi) is 6.27. The first-order valence-corrected chi connectivity index (χ1v) is 11.2. The van der Waals surface area contributed by atoms with Crippen molar-refractivity contribution in [3.8, 4) is 11.1 Å². The lowest BCUT2D eigenvalue weighted by molar-refractivity contribution is -0.359. The lowest BCUT2D eigenvalue weighted by atomic mass is 10.1. The Bertz CT molecular complexity index is 1150. The van der Waals surface area contributed by atoms with Crippen molar-refractivity contribution in [3.63, 3.8) is 0 Å². The van der Waals surface area contributed by atoms with Gasteiger partial charge in [0, 0.05) is 35.1 Å². The predicted molar refractivity (Wildman–Crippen MR) is 114 cm³/mol. The summed E-state index contributed by atoms with van der Waals surface area (Å²) in [5.41, 5.74) is 9.36. The van der Waals surface area contributed by atoms with Gasteiger partial charge in [-0.3, -0.25) is 11.1 Å². The Morgan fingerprint density at radius 2 is 1.77 bits per heavy atom. The number of aromatic amines is 1. The smallest absolute Gasteiger partial charge is 0.326 e. The first-order valence-electron chi connectivity index (χ1n) is 9.36. The highest BCUT2D eigenvalue weighted by Gasteiger charge is 2.42. The van der Waals surface area contributed by atoms with E-state index in [0.717, 1.165) is 29.7 Å². The van der Waals surface area contributed by atoms with E-state index >= 15 is 0 Å². The minimum absolute atomic E-state index is 0.106. The number of benzene rings is 1. The van der Waals surface area contributed by atoms with Gasteiger partial charge >= 0.3 is 6.03 Å². The number of nitrogens with one attached hydrogen (secondary N) is 3. The van der Waals surface area contributed by atoms with Crippen molar-refractivity contribution in [2.24, 2.45) is 0 Å². The van der Waals surface area contributed by atoms with Crippen molar-refractivity contribution in [1.82, 2.24) is 5.16 Å². The molecule has 0 aliphatic heterocycles. The molecule has 3 aromatic rings. The molecule has 10 nitrogen and oxygen atoms in total. The zero-order valence-corrected chi connectivity index (χ0v) is 17.8. The van der Waals surface area contributed by atoms with E-state index in [-0.39, 0.29) is 11.4 Å². The fourth-order valence-corrected chi connectivity index (χ4v) is 2.70. The number of rotatable bonds is 4. The van der Waals surface area contributed by atoms with Crippen LogP contribution >= 0.6 is 0 Å². The van der Waals surface area contributed by atoms with Crippen LogP contribution in [-0.2, 0) is 15.5 Å². The van der Waals surface area contributed by atoms with Gasteiger partial charge in [0.15, 0.2) is 0 Å². The third kappa shape index (κ3) is 6.79. The van der Waals surface area contributed by atoms with Crippen molar-refractivity contribution in [2.45, 2.75) is 25.2 Å². The molecule has 0 saturated heterocycles. The zero-order chi connectivity index (χ0) is 22.6. The van der Waals surface area contributed by atoms with Crippen LogP contribution in [0.2, 0.25) is 0 Å². The van der Waals surface area contributed by atoms with E-state index in [1.165, 1.54) is 0 Å². The van der Waals surface area contributed by atoms with E-state index in [4.69, 9.17) is 23.2 Å². The van der Waals surface area contributed by atoms with Crippen LogP contribution in [0, 0.1) is 0 Å². The number of nitrogen functional groups attached to an aromatic ring is 1. The molecule has 1 aliphatic rings. The van der Waals surface area contributed by atoms with Crippen molar-refractivity contribution >= 4 is 33.5 Å². The second-order valence-corrected chi connectivity index (χ2v) is 8.94. The van der Waals surface area contributed by atoms with Crippen LogP contribution in [-0.4, -0.2) is 30.4 Å². The predicted octanol–water partition coefficient (Wildman–Crippen LogP) is 2.59. The molecular weight excluding hydrogens is 422 g/mol. The molecule has 0 unspecified atom stereocenters. The summed E-state index contributed by atoms with van der Waals surface area (Å²) in [7, 11) is -3.92. The molecule has 2 aromatic heterocycles. The molecule has 1 aromatic carbocycles. The Balaban J connectivity index is 0.000000491. The number of nitrogens with zero attached hydrogens (tertiary/aromatic N) is 1. The summed E-state index contributed by atoms with van der Waals surface area (Å²) in [5, 5.41) is 9.47. The maximum atomic E-state index is 12.1. The van der Waals surface area contributed by atoms with Crippen LogP contribution in [0.15, 0.2) is 53.2 Å². The van der Waals surface area contributed by atoms with Gasteiger partial charge < -0.3 is 14.4 Å². The average molecular weight is 446 g/mol. The number of carbonyl (C=O) groups excluding carboxylic acids is 1. The Morgan fingerprint density at radius 1 is 1.16 bits per heavy atom. The van der Waals surface area contributed by atoms with Gasteiger partial charge in [0.05, 0.1) is 22.0 Å². The number of anilines is 3. The topological polar surface area (TPSA) is 165 Å². The van der Waals surface area contributed by atoms with Crippen molar-refractivity contribution < 1.29 is 27.3 Å². The molecule has 1 aliphatic carbocycles. The van der Waals surface area contributed by atoms with Gasteiger partial charge in [-0.15, -0.1) is 0 Å². The van der Waals surface area contributed by atoms with Crippen LogP contribution in [0.3, 0.4) is 0 Å². The Hall–Kier alpha value is -3.44. The number of nitrogens with two attached hydrogens (primary N) is 1. The maximum absolute atomic E-state index is 12.1. The van der Waals surface area contributed by atoms with Gasteiger partial charge in [-0.2, -0.15) is 0 Å². The molecule has 0 radical (unpaired) electrons. The average Bonchev–Trinajstić information content (AvgIpc) is 3.25. The summed E-state index contributed by atoms with van der Waals surface area (Å²) in [6.07, 6.45) is 4.64. The fourth-order valence-electron chi connectivity index (χ4n) is 2.70. The number of carbonyl (C=O) groups is 1. The number of hydrogen-bond donors (Lipinski definition) is 3. The van der Waals surface area contributed by atoms with Crippen molar-refractivity contribution in [2.75, 3.05) is 22.6 Å². The first-order chi connectivity index (χ1) is 14.5. The van der Waals surface area contributed by atoms with Crippen LogP contribution in [0.5, 0.6) is 0 Å². The molecule has 1 saturated carbocycles. The molecule has 0 spiro atoms. The van der Waals surface area contributed by atoms with Crippen LogP contribution in [0.1, 0.15) is 25.5 Å². The summed E-state index contributed by atoms with van der Waals surface area (Å²) in [6, 6.07) is 12.7. The molecule has 2 amide bonds. The lowest BCUT2D eigenvalue weighted by Crippen LogP contribution is -2.19. The monoisotopic (exact) mass is 445 g/mol. The maximum Gasteiger partial charge on any atom is 0.326 e. The summed E-state index contributed by atoms with van der Waals surface area (Å²) in [5.74, 6) is 0.953. The van der Waals surface area contributed by atoms with E-state index in [2.05, 4.69) is 27.7 Å². The molecular formula is C20H23N5O5S. The van der Waals surface area contributed by atoms with Crippen LogP contribution < -0.4 is 21.4 Å². The van der Waals surface area contributed by atoms with Gasteiger partial charge in [0.1, 0.15) is 0 Å². The second kappa shape index (κ2) is 8.74. The number of urea groups is 1. The molecule has 1 fully saturated rings. The van der Waals surface area contributed by atoms with E-state index < -0.39 is 10.1 Å². The Morgan fingerprint density at radius 3 is 2.32 bits per heavy atom. The van der Waals surface area contributed by atoms with Gasteiger partial charge in [-0.25, -0.2) is 18.2 Å². The van der Waals surface area contributed by atoms with Crippen LogP contribution in [0.4, 0.5) is 22.2 Å². The van der Waals surface area contributed by atoms with Crippen molar-refractivity contribution in [1.29, 1.82) is 0 Å². The van der Waals surface area contributed by atoms with E-state index in [0.29, 0.717) is 23.6 Å². The van der Waals surface area contributed by atoms with E-state index in [1.54, 1.807) is 6.07 Å². The van der Waals surface area contributed by atoms with Gasteiger partial charge in [0.2, 0.25) is 5.88 Å².